The summed E-state index contributed by atoms with van der Waals surface area (Å²) in [4.78, 5) is 14.2. The fourth-order valence-electron chi connectivity index (χ4n) is 2.79. The van der Waals surface area contributed by atoms with E-state index in [9.17, 15) is 4.79 Å². The molecule has 1 saturated heterocycles. The summed E-state index contributed by atoms with van der Waals surface area (Å²) in [5, 5.41) is 11.3. The predicted octanol–water partition coefficient (Wildman–Crippen LogP) is 2.35. The minimum absolute atomic E-state index is 0.156. The molecule has 1 fully saturated rings. The van der Waals surface area contributed by atoms with Gasteiger partial charge in [0.05, 0.1) is 13.0 Å². The molecule has 6 nitrogen and oxygen atoms in total. The van der Waals surface area contributed by atoms with E-state index in [0.29, 0.717) is 19.1 Å². The normalized spacial score (nSPS) is 15.1. The molecular weight excluding hydrogens is 304 g/mol. The molecule has 1 amide bonds. The zero-order valence-electron chi connectivity index (χ0n) is 13.6. The van der Waals surface area contributed by atoms with E-state index >= 15 is 0 Å². The first-order valence-corrected chi connectivity index (χ1v) is 8.31. The molecule has 0 radical (unpaired) electrons. The quantitative estimate of drug-likeness (QED) is 0.882. The maximum Gasteiger partial charge on any atom is 0.225 e. The largest absolute Gasteiger partial charge is 0.493 e. The number of ether oxygens (including phenoxy) is 1. The van der Waals surface area contributed by atoms with Crippen LogP contribution in [0.1, 0.15) is 19.3 Å². The van der Waals surface area contributed by atoms with Crippen molar-refractivity contribution in [3.63, 3.8) is 0 Å². The topological polar surface area (TPSA) is 67.3 Å². The number of nitrogens with one attached hydrogen (secondary N) is 1. The third-order valence-corrected chi connectivity index (χ3v) is 4.10. The van der Waals surface area contributed by atoms with Crippen molar-refractivity contribution in [3.8, 4) is 5.75 Å². The van der Waals surface area contributed by atoms with Crippen LogP contribution in [0.15, 0.2) is 48.7 Å². The Balaban J connectivity index is 1.37. The SMILES string of the molecule is O=C(CCOc1ccccc1)N1CCC(Nc2cccnn2)CC1. The first kappa shape index (κ1) is 16.2. The van der Waals surface area contributed by atoms with Crippen LogP contribution in [0.5, 0.6) is 5.75 Å². The number of carbonyl (C=O) groups excluding carboxylic acids is 1. The summed E-state index contributed by atoms with van der Waals surface area (Å²) in [7, 11) is 0. The molecule has 6 heteroatoms. The molecule has 1 aliphatic rings. The maximum absolute atomic E-state index is 12.3. The maximum atomic E-state index is 12.3. The molecule has 2 aromatic rings. The molecule has 24 heavy (non-hydrogen) atoms. The van der Waals surface area contributed by atoms with Gasteiger partial charge >= 0.3 is 0 Å². The van der Waals surface area contributed by atoms with Crippen molar-refractivity contribution in [1.29, 1.82) is 0 Å². The zero-order chi connectivity index (χ0) is 16.6. The Hall–Kier alpha value is -2.63. The highest BCUT2D eigenvalue weighted by Crippen LogP contribution is 2.16. The van der Waals surface area contributed by atoms with E-state index in [-0.39, 0.29) is 5.91 Å². The Bertz CT molecular complexity index is 628. The highest BCUT2D eigenvalue weighted by atomic mass is 16.5. The van der Waals surface area contributed by atoms with Gasteiger partial charge in [0, 0.05) is 25.3 Å². The molecule has 0 spiro atoms. The highest BCUT2D eigenvalue weighted by molar-refractivity contribution is 5.76. The minimum Gasteiger partial charge on any atom is -0.493 e. The first-order chi connectivity index (χ1) is 11.8. The number of amides is 1. The van der Waals surface area contributed by atoms with E-state index in [2.05, 4.69) is 15.5 Å². The molecule has 0 atom stereocenters. The van der Waals surface area contributed by atoms with Crippen molar-refractivity contribution in [2.75, 3.05) is 25.0 Å². The van der Waals surface area contributed by atoms with E-state index in [1.807, 2.05) is 47.4 Å². The van der Waals surface area contributed by atoms with Crippen LogP contribution in [0.25, 0.3) is 0 Å². The average Bonchev–Trinajstić information content (AvgIpc) is 2.64. The van der Waals surface area contributed by atoms with Crippen molar-refractivity contribution in [2.45, 2.75) is 25.3 Å². The Kier molecular flexibility index (Phi) is 5.61. The van der Waals surface area contributed by atoms with E-state index in [1.165, 1.54) is 0 Å². The number of para-hydroxylation sites is 1. The number of benzene rings is 1. The molecule has 1 N–H and O–H groups in total. The second-order valence-corrected chi connectivity index (χ2v) is 5.82. The first-order valence-electron chi connectivity index (χ1n) is 8.31. The summed E-state index contributed by atoms with van der Waals surface area (Å²) in [6.45, 7) is 1.95. The highest BCUT2D eigenvalue weighted by Gasteiger charge is 2.22. The van der Waals surface area contributed by atoms with Crippen LogP contribution in [0.2, 0.25) is 0 Å². The fraction of sp³-hybridized carbons (Fsp3) is 0.389. The van der Waals surface area contributed by atoms with Crippen LogP contribution >= 0.6 is 0 Å². The van der Waals surface area contributed by atoms with Crippen LogP contribution in [-0.4, -0.2) is 46.7 Å². The minimum atomic E-state index is 0.156. The second kappa shape index (κ2) is 8.29. The number of piperidine rings is 1. The molecule has 1 aromatic heterocycles. The fourth-order valence-corrected chi connectivity index (χ4v) is 2.79. The predicted molar refractivity (Wildman–Crippen MR) is 91.8 cm³/mol. The van der Waals surface area contributed by atoms with Gasteiger partial charge in [0.2, 0.25) is 5.91 Å². The third kappa shape index (κ3) is 4.68. The van der Waals surface area contributed by atoms with Crippen LogP contribution in [0.3, 0.4) is 0 Å². The van der Waals surface area contributed by atoms with E-state index in [4.69, 9.17) is 4.74 Å². The van der Waals surface area contributed by atoms with Gasteiger partial charge in [0.25, 0.3) is 0 Å². The van der Waals surface area contributed by atoms with Gasteiger partial charge in [-0.15, -0.1) is 5.10 Å². The van der Waals surface area contributed by atoms with Crippen molar-refractivity contribution in [3.05, 3.63) is 48.7 Å². The molecule has 1 aliphatic heterocycles. The molecule has 0 saturated carbocycles. The van der Waals surface area contributed by atoms with Gasteiger partial charge in [-0.25, -0.2) is 0 Å². The van der Waals surface area contributed by atoms with Gasteiger partial charge in [-0.2, -0.15) is 5.10 Å². The Labute approximate surface area is 141 Å². The van der Waals surface area contributed by atoms with Gasteiger partial charge in [0.1, 0.15) is 11.6 Å². The molecule has 0 unspecified atom stereocenters. The molecule has 1 aromatic carbocycles. The second-order valence-electron chi connectivity index (χ2n) is 5.82. The zero-order valence-corrected chi connectivity index (χ0v) is 13.6. The lowest BCUT2D eigenvalue weighted by Gasteiger charge is -2.32. The molecule has 126 valence electrons. The van der Waals surface area contributed by atoms with Crippen molar-refractivity contribution in [1.82, 2.24) is 15.1 Å². The number of anilines is 1. The standard InChI is InChI=1S/C18H22N4O2/c23-18(10-14-24-16-5-2-1-3-6-16)22-12-8-15(9-13-22)20-17-7-4-11-19-21-17/h1-7,11,15H,8-10,12-14H2,(H,20,21). The molecule has 0 bridgehead atoms. The smallest absolute Gasteiger partial charge is 0.225 e. The number of nitrogens with zero attached hydrogens (tertiary/aromatic N) is 3. The number of likely N-dealkylation sites (tertiary alicyclic amines) is 1. The number of rotatable bonds is 6. The van der Waals surface area contributed by atoms with Gasteiger partial charge in [-0.05, 0) is 37.1 Å². The summed E-state index contributed by atoms with van der Waals surface area (Å²) in [5.41, 5.74) is 0. The summed E-state index contributed by atoms with van der Waals surface area (Å²) >= 11 is 0. The van der Waals surface area contributed by atoms with Gasteiger partial charge < -0.3 is 15.0 Å². The van der Waals surface area contributed by atoms with Crippen LogP contribution in [-0.2, 0) is 4.79 Å². The number of aromatic nitrogens is 2. The average molecular weight is 326 g/mol. The lowest BCUT2D eigenvalue weighted by atomic mass is 10.0. The van der Waals surface area contributed by atoms with E-state index in [1.54, 1.807) is 6.20 Å². The lowest BCUT2D eigenvalue weighted by Crippen LogP contribution is -2.42. The van der Waals surface area contributed by atoms with Gasteiger partial charge in [-0.3, -0.25) is 4.79 Å². The van der Waals surface area contributed by atoms with E-state index < -0.39 is 0 Å². The Morgan fingerprint density at radius 3 is 2.67 bits per heavy atom. The monoisotopic (exact) mass is 326 g/mol. The molecule has 2 heterocycles. The number of hydrogen-bond donors (Lipinski definition) is 1. The Morgan fingerprint density at radius 1 is 1.17 bits per heavy atom. The summed E-state index contributed by atoms with van der Waals surface area (Å²) < 4.78 is 5.59. The molecule has 0 aliphatic carbocycles. The van der Waals surface area contributed by atoms with Gasteiger partial charge in [-0.1, -0.05) is 18.2 Å². The van der Waals surface area contributed by atoms with Crippen molar-refractivity contribution in [2.24, 2.45) is 0 Å². The van der Waals surface area contributed by atoms with Crippen LogP contribution in [0, 0.1) is 0 Å². The van der Waals surface area contributed by atoms with E-state index in [0.717, 1.165) is 37.5 Å². The Morgan fingerprint density at radius 2 is 1.96 bits per heavy atom. The van der Waals surface area contributed by atoms with Crippen LogP contribution in [0.4, 0.5) is 5.82 Å². The molecule has 3 rings (SSSR count). The van der Waals surface area contributed by atoms with Gasteiger partial charge in [0.15, 0.2) is 0 Å². The van der Waals surface area contributed by atoms with Crippen molar-refractivity contribution < 1.29 is 9.53 Å². The lowest BCUT2D eigenvalue weighted by molar-refractivity contribution is -0.132. The molecular formula is C18H22N4O2. The van der Waals surface area contributed by atoms with Crippen LogP contribution < -0.4 is 10.1 Å². The number of hydrogen-bond acceptors (Lipinski definition) is 5. The summed E-state index contributed by atoms with van der Waals surface area (Å²) in [6, 6.07) is 13.7. The summed E-state index contributed by atoms with van der Waals surface area (Å²) in [5.74, 6) is 1.75. The summed E-state index contributed by atoms with van der Waals surface area (Å²) in [6.07, 6.45) is 3.91. The van der Waals surface area contributed by atoms with Crippen molar-refractivity contribution >= 4 is 11.7 Å². The number of carbonyl (C=O) groups is 1. The third-order valence-electron chi connectivity index (χ3n) is 4.10.